The monoisotopic (exact) mass is 334 g/mol. The lowest BCUT2D eigenvalue weighted by Crippen LogP contribution is -2.13. The molecule has 5 nitrogen and oxygen atoms in total. The summed E-state index contributed by atoms with van der Waals surface area (Å²) in [6.07, 6.45) is -3.01. The predicted molar refractivity (Wildman–Crippen MR) is 84.5 cm³/mol. The van der Waals surface area contributed by atoms with Crippen molar-refractivity contribution in [3.63, 3.8) is 0 Å². The van der Waals surface area contributed by atoms with Gasteiger partial charge in [-0.2, -0.15) is 18.3 Å². The van der Waals surface area contributed by atoms with Gasteiger partial charge >= 0.3 is 6.18 Å². The summed E-state index contributed by atoms with van der Waals surface area (Å²) in [7, 11) is 0. The molecule has 0 saturated heterocycles. The third-order valence-corrected chi connectivity index (χ3v) is 3.60. The Morgan fingerprint density at radius 3 is 2.54 bits per heavy atom. The molecule has 0 atom stereocenters. The lowest BCUT2D eigenvalue weighted by molar-refractivity contribution is -0.137. The van der Waals surface area contributed by atoms with Crippen molar-refractivity contribution in [3.05, 3.63) is 52.3 Å². The molecule has 124 valence electrons. The molecule has 0 bridgehead atoms. The number of hydrogen-bond acceptors (Lipinski definition) is 3. The van der Waals surface area contributed by atoms with Gasteiger partial charge in [0, 0.05) is 11.3 Å². The second-order valence-corrected chi connectivity index (χ2v) is 5.45. The summed E-state index contributed by atoms with van der Waals surface area (Å²) < 4.78 is 38.1. The lowest BCUT2D eigenvalue weighted by Gasteiger charge is -2.07. The number of nitrogens with zero attached hydrogens (tertiary/aromatic N) is 2. The number of aromatic amines is 1. The molecule has 8 heteroatoms. The van der Waals surface area contributed by atoms with E-state index in [0.717, 1.165) is 29.1 Å². The van der Waals surface area contributed by atoms with Crippen LogP contribution in [0.15, 0.2) is 34.5 Å². The number of rotatable bonds is 2. The highest BCUT2D eigenvalue weighted by Gasteiger charge is 2.34. The smallest absolute Gasteiger partial charge is 0.358 e. The molecule has 0 fully saturated rings. The quantitative estimate of drug-likeness (QED) is 0.641. The van der Waals surface area contributed by atoms with Crippen LogP contribution in [0.3, 0.4) is 0 Å². The van der Waals surface area contributed by atoms with Gasteiger partial charge in [-0.25, -0.2) is 0 Å². The number of carbonyl (C=O) groups is 1. The van der Waals surface area contributed by atoms with E-state index in [2.05, 4.69) is 20.5 Å². The van der Waals surface area contributed by atoms with Crippen LogP contribution in [0.5, 0.6) is 0 Å². The van der Waals surface area contributed by atoms with Gasteiger partial charge in [-0.3, -0.25) is 4.79 Å². The summed E-state index contributed by atoms with van der Waals surface area (Å²) in [5.41, 5.74) is 2.22. The van der Waals surface area contributed by atoms with E-state index in [0.29, 0.717) is 5.56 Å². The Morgan fingerprint density at radius 2 is 1.92 bits per heavy atom. The lowest BCUT2D eigenvalue weighted by atomic mass is 10.1. The molecule has 0 saturated carbocycles. The second kappa shape index (κ2) is 5.63. The highest BCUT2D eigenvalue weighted by atomic mass is 19.4. The average Bonchev–Trinajstić information content (AvgIpc) is 2.97. The molecule has 3 rings (SSSR count). The first kappa shape index (κ1) is 16.0. The number of carbonyl (C=O) groups excluding carboxylic acids is 1. The number of alkyl halides is 3. The molecule has 0 aliphatic carbocycles. The summed E-state index contributed by atoms with van der Waals surface area (Å²) in [6.45, 7) is 3.80. The maximum Gasteiger partial charge on any atom is 0.416 e. The number of nitrogens with one attached hydrogen (secondary N) is 2. The fourth-order valence-electron chi connectivity index (χ4n) is 2.46. The Hall–Kier alpha value is -2.90. The molecular weight excluding hydrogens is 321 g/mol. The minimum Gasteiger partial charge on any atom is -0.358 e. The van der Waals surface area contributed by atoms with E-state index in [9.17, 15) is 18.0 Å². The number of fused-ring (bicyclic) bond motifs is 1. The summed E-state index contributed by atoms with van der Waals surface area (Å²) in [4.78, 5) is 15.0. The van der Waals surface area contributed by atoms with Crippen LogP contribution in [0.25, 0.3) is 0 Å². The van der Waals surface area contributed by atoms with Crippen LogP contribution >= 0.6 is 0 Å². The van der Waals surface area contributed by atoms with Crippen molar-refractivity contribution in [2.24, 2.45) is 10.2 Å². The molecule has 0 radical (unpaired) electrons. The van der Waals surface area contributed by atoms with E-state index in [4.69, 9.17) is 0 Å². The van der Waals surface area contributed by atoms with Gasteiger partial charge in [-0.1, -0.05) is 0 Å². The average molecular weight is 334 g/mol. The Morgan fingerprint density at radius 1 is 1.17 bits per heavy atom. The number of H-pyrrole nitrogens is 1. The Kier molecular flexibility index (Phi) is 3.75. The van der Waals surface area contributed by atoms with E-state index in [-0.39, 0.29) is 11.4 Å². The summed E-state index contributed by atoms with van der Waals surface area (Å²) in [5.74, 6) is -0.583. The molecule has 2 N–H and O–H groups in total. The maximum absolute atomic E-state index is 12.7. The van der Waals surface area contributed by atoms with Crippen molar-refractivity contribution in [1.29, 1.82) is 0 Å². The molecule has 1 aromatic carbocycles. The molecule has 1 aromatic heterocycles. The third kappa shape index (κ3) is 2.94. The van der Waals surface area contributed by atoms with Crippen LogP contribution < -0.4 is 5.32 Å². The first-order valence-corrected chi connectivity index (χ1v) is 7.06. The van der Waals surface area contributed by atoms with E-state index >= 15 is 0 Å². The number of anilines is 1. The van der Waals surface area contributed by atoms with E-state index in [1.807, 2.05) is 19.9 Å². The van der Waals surface area contributed by atoms with Crippen LogP contribution in [-0.2, 0) is 11.0 Å². The van der Waals surface area contributed by atoms with Gasteiger partial charge < -0.3 is 10.3 Å². The molecule has 1 aliphatic heterocycles. The zero-order valence-electron chi connectivity index (χ0n) is 12.8. The molecule has 1 amide bonds. The zero-order valence-corrected chi connectivity index (χ0v) is 12.8. The maximum atomic E-state index is 12.7. The van der Waals surface area contributed by atoms with Crippen molar-refractivity contribution >= 4 is 23.5 Å². The first-order valence-electron chi connectivity index (χ1n) is 7.06. The van der Waals surface area contributed by atoms with Crippen molar-refractivity contribution in [2.75, 3.05) is 5.32 Å². The molecule has 1 aliphatic rings. The zero-order chi connectivity index (χ0) is 17.5. The van der Waals surface area contributed by atoms with Crippen molar-refractivity contribution in [3.8, 4) is 0 Å². The number of amides is 1. The Bertz CT molecular complexity index is 878. The SMILES string of the molecule is Cc1cc(C)c(/C=N/N=C2\C(=O)Nc3cc(C(F)(F)F)ccc32)[nH]1. The highest BCUT2D eigenvalue weighted by Crippen LogP contribution is 2.34. The molecule has 24 heavy (non-hydrogen) atoms. The fraction of sp³-hybridized carbons (Fsp3) is 0.188. The minimum absolute atomic E-state index is 0.0177. The van der Waals surface area contributed by atoms with Gasteiger partial charge in [0.05, 0.1) is 23.2 Å². The predicted octanol–water partition coefficient (Wildman–Crippen LogP) is 3.43. The Balaban J connectivity index is 1.91. The van der Waals surface area contributed by atoms with Crippen LogP contribution in [0, 0.1) is 13.8 Å². The molecular formula is C16H13F3N4O. The molecule has 0 spiro atoms. The molecule has 0 unspecified atom stereocenters. The van der Waals surface area contributed by atoms with E-state index < -0.39 is 17.6 Å². The second-order valence-electron chi connectivity index (χ2n) is 5.45. The first-order chi connectivity index (χ1) is 11.3. The van der Waals surface area contributed by atoms with Gasteiger partial charge in [-0.05, 0) is 43.7 Å². The van der Waals surface area contributed by atoms with Crippen LogP contribution in [-0.4, -0.2) is 22.8 Å². The van der Waals surface area contributed by atoms with Gasteiger partial charge in [0.1, 0.15) is 0 Å². The van der Waals surface area contributed by atoms with Crippen LogP contribution in [0.1, 0.15) is 28.1 Å². The van der Waals surface area contributed by atoms with Crippen LogP contribution in [0.4, 0.5) is 18.9 Å². The normalized spacial score (nSPS) is 16.0. The number of hydrogen-bond donors (Lipinski definition) is 2. The molecule has 2 aromatic rings. The van der Waals surface area contributed by atoms with Gasteiger partial charge in [0.2, 0.25) is 0 Å². The fourth-order valence-corrected chi connectivity index (χ4v) is 2.46. The summed E-state index contributed by atoms with van der Waals surface area (Å²) in [5, 5.41) is 10.1. The number of aryl methyl sites for hydroxylation is 2. The number of benzene rings is 1. The minimum atomic E-state index is -4.47. The van der Waals surface area contributed by atoms with E-state index in [1.54, 1.807) is 0 Å². The third-order valence-electron chi connectivity index (χ3n) is 3.60. The van der Waals surface area contributed by atoms with Crippen molar-refractivity contribution in [2.45, 2.75) is 20.0 Å². The van der Waals surface area contributed by atoms with Gasteiger partial charge in [0.25, 0.3) is 5.91 Å². The Labute approximate surface area is 135 Å². The number of aromatic nitrogens is 1. The highest BCUT2D eigenvalue weighted by molar-refractivity contribution is 6.53. The number of halogens is 3. The standard InChI is InChI=1S/C16H13F3N4O/c1-8-5-9(2)21-13(8)7-20-23-14-11-4-3-10(16(17,18)19)6-12(11)22-15(14)24/h3-7,21H,1-2H3,(H,22,23,24)/b20-7+. The van der Waals surface area contributed by atoms with Crippen molar-refractivity contribution < 1.29 is 18.0 Å². The van der Waals surface area contributed by atoms with Gasteiger partial charge in [-0.15, -0.1) is 5.10 Å². The summed E-state index contributed by atoms with van der Waals surface area (Å²) in [6, 6.07) is 4.95. The van der Waals surface area contributed by atoms with Crippen molar-refractivity contribution in [1.82, 2.24) is 4.98 Å². The topological polar surface area (TPSA) is 69.6 Å². The van der Waals surface area contributed by atoms with Gasteiger partial charge in [0.15, 0.2) is 5.71 Å². The largest absolute Gasteiger partial charge is 0.416 e. The molecule has 2 heterocycles. The van der Waals surface area contributed by atoms with E-state index in [1.165, 1.54) is 12.3 Å². The summed E-state index contributed by atoms with van der Waals surface area (Å²) >= 11 is 0. The van der Waals surface area contributed by atoms with Crippen LogP contribution in [0.2, 0.25) is 0 Å².